The predicted octanol–water partition coefficient (Wildman–Crippen LogP) is 3.04. The molecule has 1 saturated heterocycles. The van der Waals surface area contributed by atoms with E-state index in [0.29, 0.717) is 42.5 Å². The van der Waals surface area contributed by atoms with Crippen molar-refractivity contribution in [2.45, 2.75) is 26.4 Å². The standard InChI is InChI=1S/C23H25FN4O2/c1-15(2)20-14-27(13-16-7-3-6-10-19(16)24)11-12-28(20)23(30)21-17-8-4-5-9-18(17)22(29)26-25-21/h3-10,15,20H,11-14H2,1-2H3,(H,26,29)/t20-/m1/s1. The fourth-order valence-corrected chi connectivity index (χ4v) is 4.12. The normalized spacial score (nSPS) is 17.6. The molecule has 7 heteroatoms. The van der Waals surface area contributed by atoms with Gasteiger partial charge in [-0.3, -0.25) is 14.5 Å². The minimum absolute atomic E-state index is 0.0366. The van der Waals surface area contributed by atoms with Gasteiger partial charge >= 0.3 is 0 Å². The second kappa shape index (κ2) is 8.36. The number of fused-ring (bicyclic) bond motifs is 1. The Kier molecular flexibility index (Phi) is 5.63. The summed E-state index contributed by atoms with van der Waals surface area (Å²) in [6.07, 6.45) is 0. The zero-order valence-corrected chi connectivity index (χ0v) is 17.1. The summed E-state index contributed by atoms with van der Waals surface area (Å²) < 4.78 is 14.1. The molecular formula is C23H25FN4O2. The van der Waals surface area contributed by atoms with Crippen LogP contribution in [0.5, 0.6) is 0 Å². The SMILES string of the molecule is CC(C)[C@H]1CN(Cc2ccccc2F)CCN1C(=O)c1n[nH]c(=O)c2ccccc12. The van der Waals surface area contributed by atoms with Crippen molar-refractivity contribution >= 4 is 16.7 Å². The Balaban J connectivity index is 1.59. The number of rotatable bonds is 4. The summed E-state index contributed by atoms with van der Waals surface area (Å²) >= 11 is 0. The molecule has 2 aromatic carbocycles. The van der Waals surface area contributed by atoms with Gasteiger partial charge in [0.25, 0.3) is 11.5 Å². The van der Waals surface area contributed by atoms with E-state index in [0.717, 1.165) is 0 Å². The number of carbonyl (C=O) groups is 1. The molecule has 6 nitrogen and oxygen atoms in total. The van der Waals surface area contributed by atoms with Crippen LogP contribution in [0.15, 0.2) is 53.3 Å². The third-order valence-corrected chi connectivity index (χ3v) is 5.78. The van der Waals surface area contributed by atoms with Crippen LogP contribution in [0.4, 0.5) is 4.39 Å². The maximum Gasteiger partial charge on any atom is 0.275 e. The van der Waals surface area contributed by atoms with E-state index in [1.165, 1.54) is 6.07 Å². The fraction of sp³-hybridized carbons (Fsp3) is 0.348. The summed E-state index contributed by atoms with van der Waals surface area (Å²) in [4.78, 5) is 29.5. The quantitative estimate of drug-likeness (QED) is 0.721. The molecule has 156 valence electrons. The van der Waals surface area contributed by atoms with Gasteiger partial charge in [-0.1, -0.05) is 50.2 Å². The van der Waals surface area contributed by atoms with Crippen LogP contribution in [-0.4, -0.2) is 51.6 Å². The van der Waals surface area contributed by atoms with Gasteiger partial charge in [-0.05, 0) is 18.1 Å². The van der Waals surface area contributed by atoms with Crippen LogP contribution in [0, 0.1) is 11.7 Å². The number of aromatic amines is 1. The number of hydrogen-bond donors (Lipinski definition) is 1. The van der Waals surface area contributed by atoms with Crippen LogP contribution in [0.3, 0.4) is 0 Å². The average molecular weight is 408 g/mol. The van der Waals surface area contributed by atoms with E-state index in [1.807, 2.05) is 11.0 Å². The zero-order valence-electron chi connectivity index (χ0n) is 17.1. The molecule has 1 atom stereocenters. The van der Waals surface area contributed by atoms with Gasteiger partial charge in [0.15, 0.2) is 5.69 Å². The summed E-state index contributed by atoms with van der Waals surface area (Å²) in [5, 5.41) is 7.54. The van der Waals surface area contributed by atoms with Crippen LogP contribution < -0.4 is 5.56 Å². The monoisotopic (exact) mass is 408 g/mol. The lowest BCUT2D eigenvalue weighted by atomic mass is 9.98. The van der Waals surface area contributed by atoms with Crippen LogP contribution in [0.2, 0.25) is 0 Å². The molecule has 0 unspecified atom stereocenters. The van der Waals surface area contributed by atoms with Crippen molar-refractivity contribution < 1.29 is 9.18 Å². The van der Waals surface area contributed by atoms with Crippen molar-refractivity contribution in [3.63, 3.8) is 0 Å². The molecule has 4 rings (SSSR count). The lowest BCUT2D eigenvalue weighted by Gasteiger charge is -2.43. The first-order valence-corrected chi connectivity index (χ1v) is 10.2. The number of aromatic nitrogens is 2. The number of H-pyrrole nitrogens is 1. The van der Waals surface area contributed by atoms with Crippen LogP contribution >= 0.6 is 0 Å². The molecule has 0 radical (unpaired) electrons. The average Bonchev–Trinajstić information content (AvgIpc) is 2.75. The zero-order chi connectivity index (χ0) is 21.3. The molecule has 0 aliphatic carbocycles. The van der Waals surface area contributed by atoms with E-state index in [1.54, 1.807) is 36.4 Å². The van der Waals surface area contributed by atoms with Crippen molar-refractivity contribution in [1.29, 1.82) is 0 Å². The Morgan fingerprint density at radius 2 is 1.83 bits per heavy atom. The van der Waals surface area contributed by atoms with Crippen molar-refractivity contribution in [2.24, 2.45) is 5.92 Å². The maximum absolute atomic E-state index is 14.1. The van der Waals surface area contributed by atoms with E-state index >= 15 is 0 Å². The highest BCUT2D eigenvalue weighted by Crippen LogP contribution is 2.23. The third kappa shape index (κ3) is 3.85. The molecule has 30 heavy (non-hydrogen) atoms. The van der Waals surface area contributed by atoms with E-state index in [-0.39, 0.29) is 34.9 Å². The van der Waals surface area contributed by atoms with Gasteiger partial charge in [0.05, 0.1) is 5.39 Å². The highest BCUT2D eigenvalue weighted by Gasteiger charge is 2.34. The fourth-order valence-electron chi connectivity index (χ4n) is 4.12. The lowest BCUT2D eigenvalue weighted by molar-refractivity contribution is 0.0322. The lowest BCUT2D eigenvalue weighted by Crippen LogP contribution is -2.57. The molecule has 0 bridgehead atoms. The van der Waals surface area contributed by atoms with Gasteiger partial charge in [0.2, 0.25) is 0 Å². The summed E-state index contributed by atoms with van der Waals surface area (Å²) in [5.74, 6) is -0.181. The number of halogens is 1. The smallest absolute Gasteiger partial charge is 0.275 e. The number of hydrogen-bond acceptors (Lipinski definition) is 4. The third-order valence-electron chi connectivity index (χ3n) is 5.78. The Bertz CT molecular complexity index is 1130. The van der Waals surface area contributed by atoms with Gasteiger partial charge in [0.1, 0.15) is 5.82 Å². The molecule has 1 aromatic heterocycles. The van der Waals surface area contributed by atoms with E-state index in [9.17, 15) is 14.0 Å². The number of carbonyl (C=O) groups excluding carboxylic acids is 1. The Morgan fingerprint density at radius 1 is 1.13 bits per heavy atom. The van der Waals surface area contributed by atoms with E-state index in [2.05, 4.69) is 28.9 Å². The number of nitrogens with zero attached hydrogens (tertiary/aromatic N) is 3. The summed E-state index contributed by atoms with van der Waals surface area (Å²) in [7, 11) is 0. The molecule has 0 saturated carbocycles. The molecule has 1 fully saturated rings. The molecule has 0 spiro atoms. The van der Waals surface area contributed by atoms with Crippen molar-refractivity contribution in [3.05, 3.63) is 76.0 Å². The Hall–Kier alpha value is -3.06. The van der Waals surface area contributed by atoms with Gasteiger partial charge in [0, 0.05) is 43.2 Å². The highest BCUT2D eigenvalue weighted by molar-refractivity contribution is 6.04. The van der Waals surface area contributed by atoms with Crippen LogP contribution in [0.1, 0.15) is 29.9 Å². The summed E-state index contributed by atoms with van der Waals surface area (Å²) in [6, 6.07) is 13.8. The largest absolute Gasteiger partial charge is 0.331 e. The molecule has 1 amide bonds. The van der Waals surface area contributed by atoms with Crippen molar-refractivity contribution in [3.8, 4) is 0 Å². The van der Waals surface area contributed by atoms with Crippen LogP contribution in [0.25, 0.3) is 10.8 Å². The summed E-state index contributed by atoms with van der Waals surface area (Å²) in [5.41, 5.74) is 0.615. The topological polar surface area (TPSA) is 69.3 Å². The number of piperazine rings is 1. The highest BCUT2D eigenvalue weighted by atomic mass is 19.1. The van der Waals surface area contributed by atoms with Crippen molar-refractivity contribution in [2.75, 3.05) is 19.6 Å². The minimum Gasteiger partial charge on any atom is -0.331 e. The predicted molar refractivity (Wildman–Crippen MR) is 114 cm³/mol. The molecule has 1 N–H and O–H groups in total. The van der Waals surface area contributed by atoms with Crippen molar-refractivity contribution in [1.82, 2.24) is 20.0 Å². The molecule has 1 aliphatic heterocycles. The van der Waals surface area contributed by atoms with Crippen LogP contribution in [-0.2, 0) is 6.54 Å². The van der Waals surface area contributed by atoms with Gasteiger partial charge in [-0.25, -0.2) is 9.49 Å². The Morgan fingerprint density at radius 3 is 2.57 bits per heavy atom. The first kappa shape index (κ1) is 20.2. The number of amides is 1. The molecular weight excluding hydrogens is 383 g/mol. The second-order valence-electron chi connectivity index (χ2n) is 8.08. The van der Waals surface area contributed by atoms with Gasteiger partial charge in [-0.15, -0.1) is 0 Å². The Labute approximate surface area is 174 Å². The van der Waals surface area contributed by atoms with Gasteiger partial charge in [-0.2, -0.15) is 5.10 Å². The van der Waals surface area contributed by atoms with Gasteiger partial charge < -0.3 is 4.90 Å². The minimum atomic E-state index is -0.308. The number of benzene rings is 2. The second-order valence-corrected chi connectivity index (χ2v) is 8.08. The maximum atomic E-state index is 14.1. The summed E-state index contributed by atoms with van der Waals surface area (Å²) in [6.45, 7) is 6.48. The van der Waals surface area contributed by atoms with E-state index < -0.39 is 0 Å². The van der Waals surface area contributed by atoms with E-state index in [4.69, 9.17) is 0 Å². The molecule has 2 heterocycles. The first-order valence-electron chi connectivity index (χ1n) is 10.2. The number of nitrogens with one attached hydrogen (secondary N) is 1. The molecule has 3 aromatic rings. The first-order chi connectivity index (χ1) is 14.5. The molecule has 1 aliphatic rings.